The van der Waals surface area contributed by atoms with Crippen LogP contribution in [0.2, 0.25) is 0 Å². The number of hydrogen-bond donors (Lipinski definition) is 1. The molecule has 1 N–H and O–H groups in total. The number of rotatable bonds is 5. The van der Waals surface area contributed by atoms with Gasteiger partial charge in [-0.15, -0.1) is 0 Å². The summed E-state index contributed by atoms with van der Waals surface area (Å²) in [7, 11) is -3.31. The molecule has 5 nitrogen and oxygen atoms in total. The summed E-state index contributed by atoms with van der Waals surface area (Å²) < 4.78 is 25.6. The molecule has 1 fully saturated rings. The van der Waals surface area contributed by atoms with E-state index in [1.165, 1.54) is 17.0 Å². The van der Waals surface area contributed by atoms with Gasteiger partial charge in [0.2, 0.25) is 10.0 Å². The molecule has 1 saturated carbocycles. The smallest absolute Gasteiger partial charge is 0.251 e. The van der Waals surface area contributed by atoms with Crippen LogP contribution in [0.25, 0.3) is 0 Å². The van der Waals surface area contributed by atoms with E-state index in [9.17, 15) is 13.2 Å². The Morgan fingerprint density at radius 2 is 1.86 bits per heavy atom. The summed E-state index contributed by atoms with van der Waals surface area (Å²) in [5, 5.41) is 3.20. The molecule has 6 heteroatoms. The maximum absolute atomic E-state index is 12.8. The number of nitrogens with zero attached hydrogens (tertiary/aromatic N) is 1. The fourth-order valence-corrected chi connectivity index (χ4v) is 6.09. The summed E-state index contributed by atoms with van der Waals surface area (Å²) in [6.45, 7) is 8.86. The maximum Gasteiger partial charge on any atom is 0.251 e. The highest BCUT2D eigenvalue weighted by Crippen LogP contribution is 2.40. The second-order valence-corrected chi connectivity index (χ2v) is 11.2. The zero-order valence-electron chi connectivity index (χ0n) is 17.8. The topological polar surface area (TPSA) is 66.5 Å². The minimum Gasteiger partial charge on any atom is -0.349 e. The molecule has 0 saturated heterocycles. The van der Waals surface area contributed by atoms with E-state index in [1.807, 2.05) is 13.0 Å². The Labute approximate surface area is 169 Å². The Hall–Kier alpha value is -1.56. The van der Waals surface area contributed by atoms with Crippen molar-refractivity contribution in [3.8, 4) is 0 Å². The normalized spacial score (nSPS) is 25.5. The van der Waals surface area contributed by atoms with Crippen molar-refractivity contribution in [2.24, 2.45) is 11.3 Å². The number of fused-ring (bicyclic) bond motifs is 1. The molecule has 1 aromatic carbocycles. The van der Waals surface area contributed by atoms with Crippen molar-refractivity contribution in [2.45, 2.75) is 78.3 Å². The lowest BCUT2D eigenvalue weighted by molar-refractivity contribution is 0.0893. The zero-order chi connectivity index (χ0) is 20.7. The Bertz CT molecular complexity index is 839. The van der Waals surface area contributed by atoms with Crippen LogP contribution in [0.15, 0.2) is 18.2 Å². The summed E-state index contributed by atoms with van der Waals surface area (Å²) in [4.78, 5) is 12.8. The molecule has 1 unspecified atom stereocenters. The molecule has 0 radical (unpaired) electrons. The van der Waals surface area contributed by atoms with Crippen molar-refractivity contribution in [2.75, 3.05) is 10.6 Å². The highest BCUT2D eigenvalue weighted by Gasteiger charge is 2.34. The van der Waals surface area contributed by atoms with E-state index in [0.717, 1.165) is 37.2 Å². The lowest BCUT2D eigenvalue weighted by atomic mass is 9.69. The molecule has 1 atom stereocenters. The molecule has 1 heterocycles. The predicted molar refractivity (Wildman–Crippen MR) is 114 cm³/mol. The molecule has 2 aliphatic rings. The highest BCUT2D eigenvalue weighted by atomic mass is 32.2. The average Bonchev–Trinajstić information content (AvgIpc) is 2.97. The van der Waals surface area contributed by atoms with E-state index in [1.54, 1.807) is 12.1 Å². The van der Waals surface area contributed by atoms with Crippen molar-refractivity contribution in [3.05, 3.63) is 29.3 Å². The molecule has 3 rings (SSSR count). The molecule has 1 aliphatic carbocycles. The molecule has 0 spiro atoms. The largest absolute Gasteiger partial charge is 0.349 e. The minimum atomic E-state index is -3.31. The number of carbonyl (C=O) groups is 1. The Kier molecular flexibility index (Phi) is 5.81. The van der Waals surface area contributed by atoms with Crippen LogP contribution in [0.5, 0.6) is 0 Å². The SMILES string of the molecule is CCC(C)(C)C1CCC(NC(=O)c2ccc3c(c2)CC(C)N3S(C)(=O)=O)CC1. The van der Waals surface area contributed by atoms with Gasteiger partial charge in [0.25, 0.3) is 5.91 Å². The molecule has 0 aromatic heterocycles. The monoisotopic (exact) mass is 406 g/mol. The van der Waals surface area contributed by atoms with Crippen LogP contribution in [0.4, 0.5) is 5.69 Å². The van der Waals surface area contributed by atoms with E-state index in [2.05, 4.69) is 26.1 Å². The van der Waals surface area contributed by atoms with Crippen LogP contribution in [0, 0.1) is 11.3 Å². The lowest BCUT2D eigenvalue weighted by Crippen LogP contribution is -2.39. The number of nitrogens with one attached hydrogen (secondary N) is 1. The maximum atomic E-state index is 12.8. The van der Waals surface area contributed by atoms with Crippen molar-refractivity contribution < 1.29 is 13.2 Å². The summed E-state index contributed by atoms with van der Waals surface area (Å²) >= 11 is 0. The number of carbonyl (C=O) groups excluding carboxylic acids is 1. The summed E-state index contributed by atoms with van der Waals surface area (Å²) in [5.41, 5.74) is 2.63. The lowest BCUT2D eigenvalue weighted by Gasteiger charge is -2.39. The van der Waals surface area contributed by atoms with Crippen LogP contribution in [0.1, 0.15) is 75.7 Å². The van der Waals surface area contributed by atoms with E-state index in [-0.39, 0.29) is 18.0 Å². The second-order valence-electron chi connectivity index (χ2n) is 9.32. The standard InChI is InChI=1S/C22H34N2O3S/c1-6-22(3,4)18-8-10-19(11-9-18)23-21(25)16-7-12-20-17(14-16)13-15(2)24(20)28(5,26)27/h7,12,14-15,18-19H,6,8-11,13H2,1-5H3,(H,23,25). The van der Waals surface area contributed by atoms with Gasteiger partial charge in [0.05, 0.1) is 11.9 Å². The van der Waals surface area contributed by atoms with Crippen molar-refractivity contribution in [3.63, 3.8) is 0 Å². The summed E-state index contributed by atoms with van der Waals surface area (Å²) in [6.07, 6.45) is 7.45. The third kappa shape index (κ3) is 4.22. The van der Waals surface area contributed by atoms with Crippen LogP contribution >= 0.6 is 0 Å². The molecular formula is C22H34N2O3S. The first-order chi connectivity index (χ1) is 13.0. The molecule has 1 amide bonds. The van der Waals surface area contributed by atoms with Crippen molar-refractivity contribution in [1.29, 1.82) is 0 Å². The number of hydrogen-bond acceptors (Lipinski definition) is 3. The fourth-order valence-electron chi connectivity index (χ4n) is 4.83. The van der Waals surface area contributed by atoms with Gasteiger partial charge in [-0.3, -0.25) is 9.10 Å². The van der Waals surface area contributed by atoms with Gasteiger partial charge in [-0.1, -0.05) is 27.2 Å². The van der Waals surface area contributed by atoms with Crippen LogP contribution in [-0.4, -0.2) is 32.7 Å². The first kappa shape index (κ1) is 21.2. The molecule has 156 valence electrons. The van der Waals surface area contributed by atoms with Crippen LogP contribution in [0.3, 0.4) is 0 Å². The summed E-state index contributed by atoms with van der Waals surface area (Å²) in [6, 6.07) is 5.50. The second kappa shape index (κ2) is 7.69. The number of anilines is 1. The number of sulfonamides is 1. The van der Waals surface area contributed by atoms with Gasteiger partial charge >= 0.3 is 0 Å². The first-order valence-corrected chi connectivity index (χ1v) is 12.3. The van der Waals surface area contributed by atoms with E-state index in [4.69, 9.17) is 0 Å². The molecule has 0 bridgehead atoms. The van der Waals surface area contributed by atoms with E-state index in [0.29, 0.717) is 23.1 Å². The van der Waals surface area contributed by atoms with Gasteiger partial charge in [-0.2, -0.15) is 0 Å². The van der Waals surface area contributed by atoms with Gasteiger partial charge in [0, 0.05) is 17.6 Å². The van der Waals surface area contributed by atoms with Crippen molar-refractivity contribution in [1.82, 2.24) is 5.32 Å². The Balaban J connectivity index is 1.65. The third-order valence-corrected chi connectivity index (χ3v) is 8.20. The molecule has 1 aromatic rings. The minimum absolute atomic E-state index is 0.0496. The molecular weight excluding hydrogens is 372 g/mol. The van der Waals surface area contributed by atoms with Gasteiger partial charge in [-0.25, -0.2) is 8.42 Å². The average molecular weight is 407 g/mol. The van der Waals surface area contributed by atoms with Gasteiger partial charge in [0.15, 0.2) is 0 Å². The first-order valence-electron chi connectivity index (χ1n) is 10.5. The molecule has 1 aliphatic heterocycles. The third-order valence-electron chi connectivity index (χ3n) is 6.93. The summed E-state index contributed by atoms with van der Waals surface area (Å²) in [5.74, 6) is 0.681. The quantitative estimate of drug-likeness (QED) is 0.800. The Morgan fingerprint density at radius 1 is 1.21 bits per heavy atom. The highest BCUT2D eigenvalue weighted by molar-refractivity contribution is 7.92. The van der Waals surface area contributed by atoms with E-state index >= 15 is 0 Å². The van der Waals surface area contributed by atoms with E-state index < -0.39 is 10.0 Å². The number of amides is 1. The molecule has 28 heavy (non-hydrogen) atoms. The number of benzene rings is 1. The fraction of sp³-hybridized carbons (Fsp3) is 0.682. The van der Waals surface area contributed by atoms with Gasteiger partial charge in [0.1, 0.15) is 0 Å². The Morgan fingerprint density at radius 3 is 2.43 bits per heavy atom. The van der Waals surface area contributed by atoms with Crippen LogP contribution < -0.4 is 9.62 Å². The predicted octanol–water partition coefficient (Wildman–Crippen LogP) is 4.12. The van der Waals surface area contributed by atoms with Crippen molar-refractivity contribution >= 4 is 21.6 Å². The van der Waals surface area contributed by atoms with Crippen LogP contribution in [-0.2, 0) is 16.4 Å². The van der Waals surface area contributed by atoms with Gasteiger partial charge < -0.3 is 5.32 Å². The zero-order valence-corrected chi connectivity index (χ0v) is 18.6. The van der Waals surface area contributed by atoms with Gasteiger partial charge in [-0.05, 0) is 74.1 Å².